The average molecular weight is 293 g/mol. The van der Waals surface area contributed by atoms with E-state index in [0.717, 1.165) is 12.8 Å². The quantitative estimate of drug-likeness (QED) is 0.864. The van der Waals surface area contributed by atoms with E-state index in [0.29, 0.717) is 38.3 Å². The monoisotopic (exact) mass is 293 g/mol. The molecule has 1 atom stereocenters. The van der Waals surface area contributed by atoms with Gasteiger partial charge in [0, 0.05) is 32.0 Å². The van der Waals surface area contributed by atoms with Crippen LogP contribution >= 0.6 is 0 Å². The van der Waals surface area contributed by atoms with Crippen molar-refractivity contribution in [3.63, 3.8) is 0 Å². The zero-order chi connectivity index (χ0) is 15.5. The number of hydrogen-bond donors (Lipinski definition) is 1. The minimum Gasteiger partial charge on any atom is -0.481 e. The van der Waals surface area contributed by atoms with Crippen molar-refractivity contribution in [1.29, 1.82) is 0 Å². The second-order valence-corrected chi connectivity index (χ2v) is 5.76. The highest BCUT2D eigenvalue weighted by molar-refractivity contribution is 5.76. The number of carbonyl (C=O) groups is 1. The fraction of sp³-hybridized carbons (Fsp3) is 0.667. The Labute approximate surface area is 124 Å². The Bertz CT molecular complexity index is 570. The highest BCUT2D eigenvalue weighted by atomic mass is 16.4. The van der Waals surface area contributed by atoms with E-state index in [1.165, 1.54) is 0 Å². The number of anilines is 1. The van der Waals surface area contributed by atoms with Crippen molar-refractivity contribution >= 4 is 11.8 Å². The van der Waals surface area contributed by atoms with Crippen molar-refractivity contribution in [3.8, 4) is 0 Å². The highest BCUT2D eigenvalue weighted by Crippen LogP contribution is 2.36. The van der Waals surface area contributed by atoms with Crippen LogP contribution in [0.5, 0.6) is 0 Å². The fourth-order valence-electron chi connectivity index (χ4n) is 3.09. The third-order valence-electron chi connectivity index (χ3n) is 4.20. The van der Waals surface area contributed by atoms with Crippen LogP contribution < -0.4 is 10.5 Å². The Morgan fingerprint density at radius 3 is 2.81 bits per heavy atom. The van der Waals surface area contributed by atoms with Crippen molar-refractivity contribution in [3.05, 3.63) is 22.7 Å². The predicted octanol–water partition coefficient (Wildman–Crippen LogP) is 1.73. The molecule has 0 saturated carbocycles. The molecule has 0 spiro atoms. The molecule has 2 rings (SSSR count). The summed E-state index contributed by atoms with van der Waals surface area (Å²) in [5, 5.41) is 9.54. The molecular formula is C15H23N3O3. The maximum atomic E-state index is 12.4. The first kappa shape index (κ1) is 15.5. The Morgan fingerprint density at radius 1 is 1.43 bits per heavy atom. The van der Waals surface area contributed by atoms with Crippen molar-refractivity contribution < 1.29 is 9.90 Å². The van der Waals surface area contributed by atoms with Crippen LogP contribution in [0.25, 0.3) is 0 Å². The Hall–Kier alpha value is -1.85. The molecular weight excluding hydrogens is 270 g/mol. The third-order valence-corrected chi connectivity index (χ3v) is 4.20. The van der Waals surface area contributed by atoms with Crippen LogP contribution in [0.1, 0.15) is 39.5 Å². The molecule has 0 bridgehead atoms. The van der Waals surface area contributed by atoms with Crippen LogP contribution in [0.15, 0.2) is 17.2 Å². The van der Waals surface area contributed by atoms with Gasteiger partial charge in [0.25, 0.3) is 5.56 Å². The van der Waals surface area contributed by atoms with Gasteiger partial charge < -0.3 is 14.6 Å². The van der Waals surface area contributed by atoms with Crippen LogP contribution in [0.4, 0.5) is 5.82 Å². The SMILES string of the molecule is CCCn1ccnc(N2CCC(CCC)(C(=O)O)C2)c1=O. The van der Waals surface area contributed by atoms with Gasteiger partial charge in [0.2, 0.25) is 0 Å². The smallest absolute Gasteiger partial charge is 0.311 e. The lowest BCUT2D eigenvalue weighted by Crippen LogP contribution is -2.37. The summed E-state index contributed by atoms with van der Waals surface area (Å²) >= 11 is 0. The first-order valence-corrected chi connectivity index (χ1v) is 7.58. The van der Waals surface area contributed by atoms with Gasteiger partial charge in [-0.15, -0.1) is 0 Å². The topological polar surface area (TPSA) is 75.4 Å². The summed E-state index contributed by atoms with van der Waals surface area (Å²) in [4.78, 5) is 30.0. The molecule has 1 aromatic rings. The zero-order valence-corrected chi connectivity index (χ0v) is 12.7. The normalized spacial score (nSPS) is 21.7. The molecule has 0 amide bonds. The summed E-state index contributed by atoms with van der Waals surface area (Å²) in [5.74, 6) is -0.387. The molecule has 0 aliphatic carbocycles. The summed E-state index contributed by atoms with van der Waals surface area (Å²) in [6.45, 7) is 5.60. The molecule has 116 valence electrons. The molecule has 1 fully saturated rings. The summed E-state index contributed by atoms with van der Waals surface area (Å²) < 4.78 is 1.64. The van der Waals surface area contributed by atoms with Crippen LogP contribution in [0.3, 0.4) is 0 Å². The van der Waals surface area contributed by atoms with Gasteiger partial charge in [0.15, 0.2) is 5.82 Å². The van der Waals surface area contributed by atoms with Gasteiger partial charge in [-0.05, 0) is 19.3 Å². The van der Waals surface area contributed by atoms with Crippen molar-refractivity contribution in [2.75, 3.05) is 18.0 Å². The highest BCUT2D eigenvalue weighted by Gasteiger charge is 2.44. The van der Waals surface area contributed by atoms with Gasteiger partial charge in [-0.1, -0.05) is 20.3 Å². The van der Waals surface area contributed by atoms with Gasteiger partial charge in [-0.2, -0.15) is 0 Å². The third kappa shape index (κ3) is 2.94. The van der Waals surface area contributed by atoms with Crippen LogP contribution in [0, 0.1) is 5.41 Å². The van der Waals surface area contributed by atoms with Crippen molar-refractivity contribution in [2.24, 2.45) is 5.41 Å². The van der Waals surface area contributed by atoms with Gasteiger partial charge in [0.05, 0.1) is 5.41 Å². The van der Waals surface area contributed by atoms with Gasteiger partial charge in [-0.3, -0.25) is 9.59 Å². The van der Waals surface area contributed by atoms with Crippen LogP contribution in [0.2, 0.25) is 0 Å². The van der Waals surface area contributed by atoms with E-state index in [1.807, 2.05) is 18.7 Å². The lowest BCUT2D eigenvalue weighted by atomic mass is 9.83. The molecule has 1 aliphatic heterocycles. The molecule has 1 N–H and O–H groups in total. The first-order valence-electron chi connectivity index (χ1n) is 7.58. The molecule has 1 aromatic heterocycles. The molecule has 6 heteroatoms. The molecule has 0 aromatic carbocycles. The number of nitrogens with zero attached hydrogens (tertiary/aromatic N) is 3. The molecule has 1 saturated heterocycles. The lowest BCUT2D eigenvalue weighted by Gasteiger charge is -2.24. The van der Waals surface area contributed by atoms with E-state index in [1.54, 1.807) is 17.0 Å². The number of rotatable bonds is 6. The maximum Gasteiger partial charge on any atom is 0.311 e. The second-order valence-electron chi connectivity index (χ2n) is 5.76. The number of carboxylic acid groups (broad SMARTS) is 1. The number of aromatic nitrogens is 2. The van der Waals surface area contributed by atoms with Crippen molar-refractivity contribution in [2.45, 2.75) is 46.1 Å². The molecule has 0 radical (unpaired) electrons. The molecule has 6 nitrogen and oxygen atoms in total. The van der Waals surface area contributed by atoms with Gasteiger partial charge >= 0.3 is 5.97 Å². The Balaban J connectivity index is 2.27. The summed E-state index contributed by atoms with van der Waals surface area (Å²) in [6, 6.07) is 0. The minimum atomic E-state index is -0.767. The summed E-state index contributed by atoms with van der Waals surface area (Å²) in [6.07, 6.45) is 6.20. The van der Waals surface area contributed by atoms with E-state index in [4.69, 9.17) is 0 Å². The van der Waals surface area contributed by atoms with Crippen molar-refractivity contribution in [1.82, 2.24) is 9.55 Å². The Kier molecular flexibility index (Phi) is 4.65. The fourth-order valence-corrected chi connectivity index (χ4v) is 3.09. The molecule has 21 heavy (non-hydrogen) atoms. The molecule has 1 unspecified atom stereocenters. The lowest BCUT2D eigenvalue weighted by molar-refractivity contribution is -0.148. The molecule has 1 aliphatic rings. The van der Waals surface area contributed by atoms with Gasteiger partial charge in [0.1, 0.15) is 0 Å². The molecule has 2 heterocycles. The second kappa shape index (κ2) is 6.28. The largest absolute Gasteiger partial charge is 0.481 e. The van der Waals surface area contributed by atoms with Crippen LogP contribution in [-0.2, 0) is 11.3 Å². The van der Waals surface area contributed by atoms with E-state index in [9.17, 15) is 14.7 Å². The average Bonchev–Trinajstić information content (AvgIpc) is 2.87. The summed E-state index contributed by atoms with van der Waals surface area (Å²) in [5.41, 5.74) is -0.870. The van der Waals surface area contributed by atoms with Gasteiger partial charge in [-0.25, -0.2) is 4.98 Å². The van der Waals surface area contributed by atoms with E-state index < -0.39 is 11.4 Å². The Morgan fingerprint density at radius 2 is 2.19 bits per heavy atom. The number of aliphatic carboxylic acids is 1. The van der Waals surface area contributed by atoms with Crippen LogP contribution in [-0.4, -0.2) is 33.7 Å². The first-order chi connectivity index (χ1) is 10.0. The zero-order valence-electron chi connectivity index (χ0n) is 12.7. The predicted molar refractivity (Wildman–Crippen MR) is 80.6 cm³/mol. The van der Waals surface area contributed by atoms with E-state index >= 15 is 0 Å². The number of aryl methyl sites for hydroxylation is 1. The number of hydrogen-bond acceptors (Lipinski definition) is 4. The maximum absolute atomic E-state index is 12.4. The minimum absolute atomic E-state index is 0.128. The standard InChI is InChI=1S/C15H23N3O3/c1-3-5-15(14(20)21)6-9-18(11-15)12-13(19)17(8-4-2)10-7-16-12/h7,10H,3-6,8-9,11H2,1-2H3,(H,20,21). The summed E-state index contributed by atoms with van der Waals surface area (Å²) in [7, 11) is 0. The van der Waals surface area contributed by atoms with E-state index in [2.05, 4.69) is 4.98 Å². The van der Waals surface area contributed by atoms with E-state index in [-0.39, 0.29) is 5.56 Å². The number of carboxylic acids is 1.